The second kappa shape index (κ2) is 8.45. The van der Waals surface area contributed by atoms with Crippen molar-refractivity contribution in [3.63, 3.8) is 0 Å². The van der Waals surface area contributed by atoms with E-state index >= 15 is 0 Å². The minimum absolute atomic E-state index is 0.0147. The maximum atomic E-state index is 11.9. The summed E-state index contributed by atoms with van der Waals surface area (Å²) < 4.78 is 3.13. The van der Waals surface area contributed by atoms with Crippen LogP contribution in [0.25, 0.3) is 22.0 Å². The van der Waals surface area contributed by atoms with Crippen molar-refractivity contribution in [1.29, 1.82) is 0 Å². The Kier molecular flexibility index (Phi) is 5.55. The molecule has 0 aliphatic rings. The maximum Gasteiger partial charge on any atom is 0.250 e. The minimum Gasteiger partial charge on any atom is -0.369 e. The second-order valence-corrected chi connectivity index (χ2v) is 7.97. The summed E-state index contributed by atoms with van der Waals surface area (Å²) in [5.74, 6) is -0.0883. The number of nitrogens with one attached hydrogen (secondary N) is 2. The van der Waals surface area contributed by atoms with Gasteiger partial charge in [-0.25, -0.2) is 0 Å². The Morgan fingerprint density at radius 1 is 1.00 bits per heavy atom. The molecule has 6 N–H and O–H groups in total. The predicted molar refractivity (Wildman–Crippen MR) is 130 cm³/mol. The number of rotatable bonds is 5. The van der Waals surface area contributed by atoms with Crippen LogP contribution in [-0.4, -0.2) is 16.0 Å². The van der Waals surface area contributed by atoms with Gasteiger partial charge >= 0.3 is 0 Å². The third-order valence-electron chi connectivity index (χ3n) is 4.92. The molecule has 0 aliphatic carbocycles. The number of hydrogen-bond acceptors (Lipinski definition) is 5. The fraction of sp³-hybridized carbons (Fsp3) is 0.0870. The van der Waals surface area contributed by atoms with Crippen molar-refractivity contribution < 1.29 is 0 Å². The van der Waals surface area contributed by atoms with E-state index in [0.717, 1.165) is 56.1 Å². The molecule has 0 bridgehead atoms. The van der Waals surface area contributed by atoms with Crippen LogP contribution in [-0.2, 0) is 0 Å². The van der Waals surface area contributed by atoms with Gasteiger partial charge < -0.3 is 21.2 Å². The van der Waals surface area contributed by atoms with Crippen molar-refractivity contribution in [2.24, 2.45) is 21.7 Å². The lowest BCUT2D eigenvalue weighted by Gasteiger charge is -2.16. The lowest BCUT2D eigenvalue weighted by molar-refractivity contribution is 1.20. The van der Waals surface area contributed by atoms with Gasteiger partial charge in [-0.15, -0.1) is 5.10 Å². The van der Waals surface area contributed by atoms with Crippen LogP contribution >= 0.6 is 11.5 Å². The molecular formula is C23H22N6OS. The summed E-state index contributed by atoms with van der Waals surface area (Å²) in [4.78, 5) is 11.9. The summed E-state index contributed by atoms with van der Waals surface area (Å²) in [5, 5.41) is 13.5. The first-order valence-electron chi connectivity index (χ1n) is 9.64. The van der Waals surface area contributed by atoms with Crippen LogP contribution in [0.15, 0.2) is 75.7 Å². The third kappa shape index (κ3) is 4.34. The number of anilines is 2. The number of nitrogens with two attached hydrogens (primary N) is 2. The van der Waals surface area contributed by atoms with Gasteiger partial charge in [-0.1, -0.05) is 36.4 Å². The van der Waals surface area contributed by atoms with Crippen LogP contribution in [0.1, 0.15) is 18.1 Å². The normalized spacial score (nSPS) is 11.5. The van der Waals surface area contributed by atoms with Gasteiger partial charge in [0.15, 0.2) is 0 Å². The molecule has 0 saturated carbocycles. The zero-order valence-electron chi connectivity index (χ0n) is 17.1. The molecular weight excluding hydrogens is 408 g/mol. The lowest BCUT2D eigenvalue weighted by atomic mass is 9.96. The van der Waals surface area contributed by atoms with Crippen molar-refractivity contribution in [3.8, 4) is 11.3 Å². The van der Waals surface area contributed by atoms with E-state index in [0.29, 0.717) is 5.71 Å². The zero-order chi connectivity index (χ0) is 22.0. The Morgan fingerprint density at radius 3 is 2.48 bits per heavy atom. The van der Waals surface area contributed by atoms with Crippen molar-refractivity contribution >= 4 is 45.4 Å². The number of aryl methyl sites for hydroxylation is 1. The molecule has 4 rings (SSSR count). The number of aromatic nitrogens is 1. The van der Waals surface area contributed by atoms with Crippen LogP contribution in [0.4, 0.5) is 11.4 Å². The molecule has 0 atom stereocenters. The monoisotopic (exact) mass is 430 g/mol. The molecule has 0 aliphatic heterocycles. The van der Waals surface area contributed by atoms with E-state index in [4.69, 9.17) is 11.5 Å². The molecule has 4 aromatic rings. The van der Waals surface area contributed by atoms with Crippen LogP contribution in [0.2, 0.25) is 0 Å². The molecule has 156 valence electrons. The lowest BCUT2D eigenvalue weighted by Crippen LogP contribution is -2.22. The summed E-state index contributed by atoms with van der Waals surface area (Å²) >= 11 is 1.08. The van der Waals surface area contributed by atoms with E-state index in [-0.39, 0.29) is 10.7 Å². The molecule has 0 radical (unpaired) electrons. The Bertz CT molecular complexity index is 1380. The van der Waals surface area contributed by atoms with Gasteiger partial charge in [0.05, 0.1) is 11.4 Å². The van der Waals surface area contributed by atoms with Gasteiger partial charge in [0.2, 0.25) is 10.7 Å². The summed E-state index contributed by atoms with van der Waals surface area (Å²) in [6.07, 6.45) is 0. The highest BCUT2D eigenvalue weighted by atomic mass is 32.1. The Balaban J connectivity index is 1.83. The van der Waals surface area contributed by atoms with E-state index in [1.54, 1.807) is 6.07 Å². The number of H-pyrrole nitrogens is 1. The molecule has 1 aromatic heterocycles. The fourth-order valence-electron chi connectivity index (χ4n) is 3.52. The molecule has 3 aromatic carbocycles. The van der Waals surface area contributed by atoms with Crippen LogP contribution in [0, 0.1) is 6.92 Å². The van der Waals surface area contributed by atoms with Crippen LogP contribution < -0.4 is 21.5 Å². The Hall–Kier alpha value is -3.91. The van der Waals surface area contributed by atoms with Crippen molar-refractivity contribution in [2.75, 3.05) is 5.32 Å². The average Bonchev–Trinajstić information content (AvgIpc) is 3.18. The van der Waals surface area contributed by atoms with Gasteiger partial charge in [0.1, 0.15) is 0 Å². The highest BCUT2D eigenvalue weighted by Gasteiger charge is 2.14. The minimum atomic E-state index is -0.0883. The van der Waals surface area contributed by atoms with Crippen molar-refractivity contribution in [2.45, 2.75) is 13.8 Å². The van der Waals surface area contributed by atoms with E-state index in [9.17, 15) is 4.79 Å². The number of aromatic amines is 1. The summed E-state index contributed by atoms with van der Waals surface area (Å²) in [6.45, 7) is 3.92. The molecule has 0 unspecified atom stereocenters. The highest BCUT2D eigenvalue weighted by molar-refractivity contribution is 7.03. The number of nitrogens with zero attached hydrogens (tertiary/aromatic N) is 2. The van der Waals surface area contributed by atoms with Gasteiger partial charge in [0, 0.05) is 23.0 Å². The van der Waals surface area contributed by atoms with Crippen LogP contribution in [0.5, 0.6) is 0 Å². The molecule has 0 fully saturated rings. The Morgan fingerprint density at radius 2 is 1.77 bits per heavy atom. The van der Waals surface area contributed by atoms with E-state index in [2.05, 4.69) is 45.0 Å². The van der Waals surface area contributed by atoms with Gasteiger partial charge in [-0.2, -0.15) is 5.10 Å². The van der Waals surface area contributed by atoms with Gasteiger partial charge in [0.25, 0.3) is 0 Å². The molecule has 0 spiro atoms. The summed E-state index contributed by atoms with van der Waals surface area (Å²) in [7, 11) is 0. The van der Waals surface area contributed by atoms with E-state index in [1.807, 2.05) is 43.3 Å². The smallest absolute Gasteiger partial charge is 0.250 e. The molecule has 0 saturated heterocycles. The number of guanidine groups is 1. The first kappa shape index (κ1) is 20.4. The predicted octanol–water partition coefficient (Wildman–Crippen LogP) is 4.31. The van der Waals surface area contributed by atoms with Gasteiger partial charge in [-0.3, -0.25) is 4.79 Å². The first-order chi connectivity index (χ1) is 14.9. The number of hydrogen-bond donors (Lipinski definition) is 4. The second-order valence-electron chi connectivity index (χ2n) is 7.16. The molecule has 8 heteroatoms. The maximum absolute atomic E-state index is 11.9. The Labute approximate surface area is 183 Å². The van der Waals surface area contributed by atoms with E-state index < -0.39 is 0 Å². The average molecular weight is 431 g/mol. The van der Waals surface area contributed by atoms with Gasteiger partial charge in [-0.05, 0) is 65.5 Å². The summed E-state index contributed by atoms with van der Waals surface area (Å²) in [6, 6.07) is 19.7. The topological polar surface area (TPSA) is 122 Å². The molecule has 0 amide bonds. The van der Waals surface area contributed by atoms with Crippen molar-refractivity contribution in [1.82, 2.24) is 4.37 Å². The first-order valence-corrected chi connectivity index (χ1v) is 10.5. The molecule has 7 nitrogen and oxygen atoms in total. The fourth-order valence-corrected chi connectivity index (χ4v) is 4.07. The third-order valence-corrected chi connectivity index (χ3v) is 5.56. The largest absolute Gasteiger partial charge is 0.369 e. The van der Waals surface area contributed by atoms with Crippen LogP contribution in [0.3, 0.4) is 0 Å². The summed E-state index contributed by atoms with van der Waals surface area (Å²) in [5.41, 5.74) is 17.0. The number of fused-ring (bicyclic) bond motifs is 1. The standard InChI is InChI=1S/C23H22N6OS/c1-13-10-19(26-16-7-5-6-15(11-16)14(2)27-28-23(24)25)22(20-12-21(30)31-29-20)18-9-4-3-8-17(13)18/h3-12,26,29H,1-2H3,(H4,24,25,28). The SMILES string of the molecule is CC(=NN=C(N)N)c1cccc(Nc2cc(C)c3ccccc3c2-c2cc(=O)s[nH]2)c1. The molecule has 1 heterocycles. The molecule has 31 heavy (non-hydrogen) atoms. The van der Waals surface area contributed by atoms with E-state index in [1.165, 1.54) is 0 Å². The highest BCUT2D eigenvalue weighted by Crippen LogP contribution is 2.38. The number of benzene rings is 3. The zero-order valence-corrected chi connectivity index (χ0v) is 18.0. The quantitative estimate of drug-likeness (QED) is 0.214. The van der Waals surface area contributed by atoms with Crippen molar-refractivity contribution in [3.05, 3.63) is 81.3 Å².